The number of hydrogen-bond donors (Lipinski definition) is 1. The van der Waals surface area contributed by atoms with Crippen LogP contribution in [0.15, 0.2) is 18.2 Å². The smallest absolute Gasteiger partial charge is 0.417 e. The van der Waals surface area contributed by atoms with Gasteiger partial charge in [-0.2, -0.15) is 18.4 Å². The zero-order valence-electron chi connectivity index (χ0n) is 10.9. The van der Waals surface area contributed by atoms with Crippen LogP contribution in [0.25, 0.3) is 0 Å². The number of halogens is 3. The minimum Gasteiger partial charge on any atom is -0.444 e. The van der Waals surface area contributed by atoms with Crippen molar-refractivity contribution >= 4 is 11.8 Å². The summed E-state index contributed by atoms with van der Waals surface area (Å²) in [5, 5.41) is 8.74. The van der Waals surface area contributed by atoms with Crippen molar-refractivity contribution in [1.29, 1.82) is 5.26 Å². The molecule has 1 aromatic carbocycles. The molecule has 0 aromatic heterocycles. The number of ether oxygens (including phenoxy) is 1. The summed E-state index contributed by atoms with van der Waals surface area (Å²) in [6.45, 7) is 0.716. The van der Waals surface area contributed by atoms with Crippen LogP contribution in [-0.4, -0.2) is 25.3 Å². The highest BCUT2D eigenvalue weighted by Gasteiger charge is 2.35. The van der Waals surface area contributed by atoms with Crippen LogP contribution in [0.2, 0.25) is 0 Å². The van der Waals surface area contributed by atoms with E-state index in [0.717, 1.165) is 12.1 Å². The van der Waals surface area contributed by atoms with Crippen molar-refractivity contribution in [2.24, 2.45) is 5.73 Å². The molecule has 2 rings (SSSR count). The highest BCUT2D eigenvalue weighted by Crippen LogP contribution is 2.35. The molecule has 1 amide bonds. The fourth-order valence-electron chi connectivity index (χ4n) is 2.28. The average molecular weight is 299 g/mol. The quantitative estimate of drug-likeness (QED) is 0.908. The van der Waals surface area contributed by atoms with Crippen LogP contribution in [-0.2, 0) is 10.9 Å². The van der Waals surface area contributed by atoms with Gasteiger partial charge in [0.25, 0.3) is 0 Å². The number of primary amides is 1. The molecular formula is C13H12F3N3O2. The van der Waals surface area contributed by atoms with E-state index >= 15 is 0 Å². The van der Waals surface area contributed by atoms with Gasteiger partial charge in [0, 0.05) is 18.7 Å². The summed E-state index contributed by atoms with van der Waals surface area (Å²) >= 11 is 0. The summed E-state index contributed by atoms with van der Waals surface area (Å²) in [6.07, 6.45) is -5.45. The second-order valence-corrected chi connectivity index (χ2v) is 4.63. The second-order valence-electron chi connectivity index (χ2n) is 4.63. The number of nitriles is 1. The van der Waals surface area contributed by atoms with Gasteiger partial charge in [-0.25, -0.2) is 4.79 Å². The molecular weight excluding hydrogens is 287 g/mol. The molecule has 0 bridgehead atoms. The molecule has 8 heteroatoms. The van der Waals surface area contributed by atoms with Gasteiger partial charge in [-0.1, -0.05) is 0 Å². The van der Waals surface area contributed by atoms with Gasteiger partial charge in [0.05, 0.1) is 23.7 Å². The van der Waals surface area contributed by atoms with E-state index in [9.17, 15) is 18.0 Å². The molecule has 0 aliphatic carbocycles. The molecule has 1 atom stereocenters. The van der Waals surface area contributed by atoms with Crippen molar-refractivity contribution in [1.82, 2.24) is 0 Å². The van der Waals surface area contributed by atoms with Crippen LogP contribution < -0.4 is 10.6 Å². The Hall–Kier alpha value is -2.43. The van der Waals surface area contributed by atoms with Gasteiger partial charge in [0.2, 0.25) is 0 Å². The highest BCUT2D eigenvalue weighted by atomic mass is 19.4. The van der Waals surface area contributed by atoms with Gasteiger partial charge in [0.1, 0.15) is 6.10 Å². The van der Waals surface area contributed by atoms with Gasteiger partial charge in [-0.15, -0.1) is 0 Å². The lowest BCUT2D eigenvalue weighted by atomic mass is 10.1. The van der Waals surface area contributed by atoms with E-state index in [1.54, 1.807) is 4.90 Å². The summed E-state index contributed by atoms with van der Waals surface area (Å²) in [6, 6.07) is 5.05. The highest BCUT2D eigenvalue weighted by molar-refractivity contribution is 5.65. The average Bonchev–Trinajstić information content (AvgIpc) is 2.84. The lowest BCUT2D eigenvalue weighted by Gasteiger charge is -2.20. The molecule has 112 valence electrons. The number of amides is 1. The Labute approximate surface area is 118 Å². The Kier molecular flexibility index (Phi) is 3.93. The molecule has 21 heavy (non-hydrogen) atoms. The maximum absolute atomic E-state index is 12.9. The third-order valence-electron chi connectivity index (χ3n) is 3.22. The summed E-state index contributed by atoms with van der Waals surface area (Å²) < 4.78 is 43.5. The number of carbonyl (C=O) groups excluding carboxylic acids is 1. The van der Waals surface area contributed by atoms with Gasteiger partial charge in [0.15, 0.2) is 0 Å². The fourth-order valence-corrected chi connectivity index (χ4v) is 2.28. The zero-order chi connectivity index (χ0) is 15.6. The lowest BCUT2D eigenvalue weighted by molar-refractivity contribution is -0.137. The number of rotatable bonds is 2. The third kappa shape index (κ3) is 3.37. The molecule has 1 unspecified atom stereocenters. The number of nitrogens with two attached hydrogens (primary N) is 1. The van der Waals surface area contributed by atoms with Crippen LogP contribution in [0.5, 0.6) is 0 Å². The predicted octanol–water partition coefficient (Wildman–Crippen LogP) is 2.25. The Morgan fingerprint density at radius 2 is 2.19 bits per heavy atom. The Bertz CT molecular complexity index is 595. The SMILES string of the molecule is N#Cc1ccc(N2CCC(OC(N)=O)C2)cc1C(F)(F)F. The summed E-state index contributed by atoms with van der Waals surface area (Å²) in [5.41, 5.74) is 3.85. The van der Waals surface area contributed by atoms with E-state index in [1.165, 1.54) is 12.1 Å². The van der Waals surface area contributed by atoms with Gasteiger partial charge < -0.3 is 15.4 Å². The van der Waals surface area contributed by atoms with Crippen LogP contribution in [0, 0.1) is 11.3 Å². The summed E-state index contributed by atoms with van der Waals surface area (Å²) in [4.78, 5) is 12.3. The summed E-state index contributed by atoms with van der Waals surface area (Å²) in [7, 11) is 0. The first kappa shape index (κ1) is 15.0. The van der Waals surface area contributed by atoms with Gasteiger partial charge in [-0.05, 0) is 18.2 Å². The molecule has 5 nitrogen and oxygen atoms in total. The molecule has 1 aliphatic heterocycles. The molecule has 2 N–H and O–H groups in total. The molecule has 0 saturated carbocycles. The minimum absolute atomic E-state index is 0.270. The Morgan fingerprint density at radius 1 is 1.48 bits per heavy atom. The molecule has 1 saturated heterocycles. The maximum atomic E-state index is 12.9. The zero-order valence-corrected chi connectivity index (χ0v) is 10.9. The van der Waals surface area contributed by atoms with Gasteiger partial charge in [-0.3, -0.25) is 0 Å². The van der Waals surface area contributed by atoms with Crippen molar-refractivity contribution in [3.63, 3.8) is 0 Å². The largest absolute Gasteiger partial charge is 0.444 e. The number of alkyl halides is 3. The van der Waals surface area contributed by atoms with Crippen molar-refractivity contribution in [2.45, 2.75) is 18.7 Å². The van der Waals surface area contributed by atoms with Crippen LogP contribution in [0.1, 0.15) is 17.5 Å². The first-order valence-electron chi connectivity index (χ1n) is 6.13. The van der Waals surface area contributed by atoms with E-state index in [-0.39, 0.29) is 6.54 Å². The van der Waals surface area contributed by atoms with Crippen molar-refractivity contribution in [2.75, 3.05) is 18.0 Å². The minimum atomic E-state index is -4.59. The standard InChI is InChI=1S/C13H12F3N3O2/c14-13(15,16)11-5-9(2-1-8(11)6-17)19-4-3-10(7-19)21-12(18)20/h1-2,5,10H,3-4,7H2,(H2,18,20). The molecule has 1 fully saturated rings. The number of nitrogens with zero attached hydrogens (tertiary/aromatic N) is 2. The predicted molar refractivity (Wildman–Crippen MR) is 67.4 cm³/mol. The van der Waals surface area contributed by atoms with E-state index in [1.807, 2.05) is 0 Å². The summed E-state index contributed by atoms with van der Waals surface area (Å²) in [5.74, 6) is 0. The first-order chi connectivity index (χ1) is 9.81. The lowest BCUT2D eigenvalue weighted by Crippen LogP contribution is -2.27. The van der Waals surface area contributed by atoms with Crippen LogP contribution >= 0.6 is 0 Å². The van der Waals surface area contributed by atoms with E-state index < -0.39 is 29.5 Å². The molecule has 1 aliphatic rings. The van der Waals surface area contributed by atoms with Crippen molar-refractivity contribution in [3.8, 4) is 6.07 Å². The molecule has 1 aromatic rings. The van der Waals surface area contributed by atoms with Crippen LogP contribution in [0.3, 0.4) is 0 Å². The second kappa shape index (κ2) is 5.52. The monoisotopic (exact) mass is 299 g/mol. The third-order valence-corrected chi connectivity index (χ3v) is 3.22. The Balaban J connectivity index is 2.23. The number of anilines is 1. The topological polar surface area (TPSA) is 79.3 Å². The molecule has 1 heterocycles. The number of hydrogen-bond acceptors (Lipinski definition) is 4. The number of carbonyl (C=O) groups is 1. The van der Waals surface area contributed by atoms with Crippen molar-refractivity contribution < 1.29 is 22.7 Å². The van der Waals surface area contributed by atoms with Gasteiger partial charge >= 0.3 is 12.3 Å². The van der Waals surface area contributed by atoms with E-state index in [0.29, 0.717) is 18.7 Å². The molecule has 0 radical (unpaired) electrons. The van der Waals surface area contributed by atoms with E-state index in [4.69, 9.17) is 15.7 Å². The van der Waals surface area contributed by atoms with Crippen LogP contribution in [0.4, 0.5) is 23.7 Å². The molecule has 0 spiro atoms. The fraction of sp³-hybridized carbons (Fsp3) is 0.385. The maximum Gasteiger partial charge on any atom is 0.417 e. The van der Waals surface area contributed by atoms with E-state index in [2.05, 4.69) is 0 Å². The van der Waals surface area contributed by atoms with Crippen molar-refractivity contribution in [3.05, 3.63) is 29.3 Å². The Morgan fingerprint density at radius 3 is 2.76 bits per heavy atom. The first-order valence-corrected chi connectivity index (χ1v) is 6.13. The normalized spacial score (nSPS) is 18.4. The number of benzene rings is 1.